The van der Waals surface area contributed by atoms with Crippen molar-refractivity contribution in [2.75, 3.05) is 26.3 Å². The summed E-state index contributed by atoms with van der Waals surface area (Å²) in [5.41, 5.74) is 8.66. The molecule has 1 aromatic rings. The van der Waals surface area contributed by atoms with Crippen molar-refractivity contribution in [3.05, 3.63) is 35.4 Å². The molecule has 0 bridgehead atoms. The summed E-state index contributed by atoms with van der Waals surface area (Å²) in [6.07, 6.45) is 0. The number of hydrogen-bond donors (Lipinski definition) is 1. The molecule has 94 valence electrons. The number of nitrogens with two attached hydrogens (primary N) is 1. The zero-order valence-electron chi connectivity index (χ0n) is 10.7. The standard InChI is InChI=1S/C14H22N2O/c1-11-5-3-4-6-13(11)14(9-15)16-7-8-17-10-12(16)2/h3-6,12,14H,7-10,15H2,1-2H3. The van der Waals surface area contributed by atoms with Crippen LogP contribution in [-0.4, -0.2) is 37.2 Å². The van der Waals surface area contributed by atoms with Crippen LogP contribution < -0.4 is 5.73 Å². The Morgan fingerprint density at radius 1 is 1.47 bits per heavy atom. The van der Waals surface area contributed by atoms with E-state index in [1.165, 1.54) is 11.1 Å². The molecule has 3 nitrogen and oxygen atoms in total. The molecule has 1 saturated heterocycles. The van der Waals surface area contributed by atoms with Crippen LogP contribution in [-0.2, 0) is 4.74 Å². The lowest BCUT2D eigenvalue weighted by molar-refractivity contribution is -0.0210. The van der Waals surface area contributed by atoms with Crippen molar-refractivity contribution in [1.29, 1.82) is 0 Å². The van der Waals surface area contributed by atoms with Crippen LogP contribution in [0.1, 0.15) is 24.1 Å². The fourth-order valence-electron chi connectivity index (χ4n) is 2.60. The summed E-state index contributed by atoms with van der Waals surface area (Å²) in [4.78, 5) is 2.46. The Balaban J connectivity index is 2.23. The topological polar surface area (TPSA) is 38.5 Å². The van der Waals surface area contributed by atoms with Gasteiger partial charge in [-0.05, 0) is 25.0 Å². The summed E-state index contributed by atoms with van der Waals surface area (Å²) in [7, 11) is 0. The maximum absolute atomic E-state index is 5.98. The molecular weight excluding hydrogens is 212 g/mol. The first-order chi connectivity index (χ1) is 8.24. The summed E-state index contributed by atoms with van der Waals surface area (Å²) >= 11 is 0. The van der Waals surface area contributed by atoms with E-state index in [2.05, 4.69) is 43.0 Å². The Morgan fingerprint density at radius 3 is 2.88 bits per heavy atom. The highest BCUT2D eigenvalue weighted by Crippen LogP contribution is 2.26. The van der Waals surface area contributed by atoms with Crippen LogP contribution in [0.2, 0.25) is 0 Å². The Morgan fingerprint density at radius 2 is 2.24 bits per heavy atom. The van der Waals surface area contributed by atoms with Gasteiger partial charge in [-0.15, -0.1) is 0 Å². The van der Waals surface area contributed by atoms with E-state index in [4.69, 9.17) is 10.5 Å². The van der Waals surface area contributed by atoms with Gasteiger partial charge in [0.15, 0.2) is 0 Å². The van der Waals surface area contributed by atoms with Gasteiger partial charge in [0.1, 0.15) is 0 Å². The van der Waals surface area contributed by atoms with Gasteiger partial charge in [0.2, 0.25) is 0 Å². The van der Waals surface area contributed by atoms with Gasteiger partial charge in [-0.1, -0.05) is 24.3 Å². The average Bonchev–Trinajstić information content (AvgIpc) is 2.34. The molecule has 2 unspecified atom stereocenters. The van der Waals surface area contributed by atoms with Crippen molar-refractivity contribution in [2.24, 2.45) is 5.73 Å². The molecule has 0 radical (unpaired) electrons. The smallest absolute Gasteiger partial charge is 0.0620 e. The lowest BCUT2D eigenvalue weighted by Crippen LogP contribution is -2.47. The third-order valence-electron chi connectivity index (χ3n) is 3.59. The van der Waals surface area contributed by atoms with Gasteiger partial charge in [-0.3, -0.25) is 4.90 Å². The fourth-order valence-corrected chi connectivity index (χ4v) is 2.60. The molecule has 1 heterocycles. The van der Waals surface area contributed by atoms with Crippen LogP contribution in [0.4, 0.5) is 0 Å². The molecule has 1 aromatic carbocycles. The van der Waals surface area contributed by atoms with E-state index in [9.17, 15) is 0 Å². The lowest BCUT2D eigenvalue weighted by atomic mass is 9.98. The van der Waals surface area contributed by atoms with Crippen LogP contribution in [0.15, 0.2) is 24.3 Å². The molecule has 17 heavy (non-hydrogen) atoms. The van der Waals surface area contributed by atoms with Gasteiger partial charge >= 0.3 is 0 Å². The molecule has 3 heteroatoms. The predicted octanol–water partition coefficient (Wildman–Crippen LogP) is 1.72. The second kappa shape index (κ2) is 5.63. The molecule has 0 spiro atoms. The number of ether oxygens (including phenoxy) is 1. The monoisotopic (exact) mass is 234 g/mol. The van der Waals surface area contributed by atoms with Gasteiger partial charge in [0.25, 0.3) is 0 Å². The van der Waals surface area contributed by atoms with Gasteiger partial charge in [0, 0.05) is 25.2 Å². The first-order valence-corrected chi connectivity index (χ1v) is 6.33. The van der Waals surface area contributed by atoms with E-state index in [-0.39, 0.29) is 0 Å². The molecule has 2 atom stereocenters. The number of rotatable bonds is 3. The van der Waals surface area contributed by atoms with Crippen LogP contribution in [0.3, 0.4) is 0 Å². The minimum atomic E-state index is 0.315. The highest BCUT2D eigenvalue weighted by Gasteiger charge is 2.27. The summed E-state index contributed by atoms with van der Waals surface area (Å²) in [5.74, 6) is 0. The number of aryl methyl sites for hydroxylation is 1. The third kappa shape index (κ3) is 2.68. The SMILES string of the molecule is Cc1ccccc1C(CN)N1CCOCC1C. The van der Waals surface area contributed by atoms with E-state index in [0.29, 0.717) is 18.6 Å². The largest absolute Gasteiger partial charge is 0.379 e. The van der Waals surface area contributed by atoms with E-state index in [1.54, 1.807) is 0 Å². The Bertz CT molecular complexity index is 367. The summed E-state index contributed by atoms with van der Waals surface area (Å²) in [6, 6.07) is 9.27. The zero-order valence-corrected chi connectivity index (χ0v) is 10.7. The van der Waals surface area contributed by atoms with Crippen molar-refractivity contribution in [3.63, 3.8) is 0 Å². The fraction of sp³-hybridized carbons (Fsp3) is 0.571. The second-order valence-electron chi connectivity index (χ2n) is 4.77. The minimum absolute atomic E-state index is 0.315. The van der Waals surface area contributed by atoms with Gasteiger partial charge < -0.3 is 10.5 Å². The Hall–Kier alpha value is -0.900. The number of benzene rings is 1. The van der Waals surface area contributed by atoms with Crippen molar-refractivity contribution in [2.45, 2.75) is 25.9 Å². The first kappa shape index (κ1) is 12.6. The maximum atomic E-state index is 5.98. The molecule has 1 fully saturated rings. The number of nitrogens with zero attached hydrogens (tertiary/aromatic N) is 1. The van der Waals surface area contributed by atoms with Crippen molar-refractivity contribution in [1.82, 2.24) is 4.90 Å². The van der Waals surface area contributed by atoms with E-state index in [1.807, 2.05) is 0 Å². The minimum Gasteiger partial charge on any atom is -0.379 e. The van der Waals surface area contributed by atoms with E-state index >= 15 is 0 Å². The molecule has 0 amide bonds. The van der Waals surface area contributed by atoms with Gasteiger partial charge in [-0.2, -0.15) is 0 Å². The van der Waals surface area contributed by atoms with Crippen molar-refractivity contribution < 1.29 is 4.74 Å². The average molecular weight is 234 g/mol. The van der Waals surface area contributed by atoms with Gasteiger partial charge in [-0.25, -0.2) is 0 Å². The van der Waals surface area contributed by atoms with Crippen LogP contribution in [0.5, 0.6) is 0 Å². The van der Waals surface area contributed by atoms with Gasteiger partial charge in [0.05, 0.1) is 13.2 Å². The van der Waals surface area contributed by atoms with Crippen LogP contribution in [0.25, 0.3) is 0 Å². The third-order valence-corrected chi connectivity index (χ3v) is 3.59. The van der Waals surface area contributed by atoms with E-state index in [0.717, 1.165) is 19.8 Å². The zero-order chi connectivity index (χ0) is 12.3. The highest BCUT2D eigenvalue weighted by atomic mass is 16.5. The Labute approximate surface area is 104 Å². The quantitative estimate of drug-likeness (QED) is 0.865. The number of hydrogen-bond acceptors (Lipinski definition) is 3. The second-order valence-corrected chi connectivity index (χ2v) is 4.77. The molecule has 1 aliphatic heterocycles. The highest BCUT2D eigenvalue weighted by molar-refractivity contribution is 5.29. The summed E-state index contributed by atoms with van der Waals surface area (Å²) in [6.45, 7) is 7.62. The maximum Gasteiger partial charge on any atom is 0.0620 e. The van der Waals surface area contributed by atoms with Crippen molar-refractivity contribution >= 4 is 0 Å². The molecule has 2 rings (SSSR count). The van der Waals surface area contributed by atoms with E-state index < -0.39 is 0 Å². The van der Waals surface area contributed by atoms with Crippen LogP contribution in [0, 0.1) is 6.92 Å². The lowest BCUT2D eigenvalue weighted by Gasteiger charge is -2.39. The molecule has 0 aromatic heterocycles. The van der Waals surface area contributed by atoms with Crippen LogP contribution >= 0.6 is 0 Å². The van der Waals surface area contributed by atoms with Crippen molar-refractivity contribution in [3.8, 4) is 0 Å². The molecule has 2 N–H and O–H groups in total. The first-order valence-electron chi connectivity index (χ1n) is 6.33. The molecule has 0 aliphatic carbocycles. The predicted molar refractivity (Wildman–Crippen MR) is 70.0 cm³/mol. The molecule has 1 aliphatic rings. The summed E-state index contributed by atoms with van der Waals surface area (Å²) < 4.78 is 5.49. The number of morpholine rings is 1. The Kier molecular flexibility index (Phi) is 4.15. The summed E-state index contributed by atoms with van der Waals surface area (Å²) in [5, 5.41) is 0. The molecule has 0 saturated carbocycles. The molecular formula is C14H22N2O. The normalized spacial score (nSPS) is 23.6.